The topological polar surface area (TPSA) is 50.3 Å². The van der Waals surface area contributed by atoms with Crippen molar-refractivity contribution < 1.29 is 4.52 Å². The third kappa shape index (κ3) is 3.17. The summed E-state index contributed by atoms with van der Waals surface area (Å²) >= 11 is 0. The second-order valence-corrected chi connectivity index (χ2v) is 6.84. The van der Waals surface area contributed by atoms with Crippen LogP contribution in [0.5, 0.6) is 0 Å². The summed E-state index contributed by atoms with van der Waals surface area (Å²) in [5.74, 6) is 0.882. The van der Waals surface area contributed by atoms with Crippen LogP contribution in [0, 0.1) is 0 Å². The molecule has 1 aromatic carbocycles. The number of benzene rings is 1. The zero-order chi connectivity index (χ0) is 17.4. The van der Waals surface area contributed by atoms with Crippen molar-refractivity contribution in [1.82, 2.24) is 19.8 Å². The van der Waals surface area contributed by atoms with E-state index in [1.165, 1.54) is 11.3 Å². The van der Waals surface area contributed by atoms with E-state index in [1.807, 2.05) is 19.3 Å². The fourth-order valence-electron chi connectivity index (χ4n) is 3.49. The Morgan fingerprint density at radius 3 is 2.88 bits per heavy atom. The molecule has 1 aliphatic heterocycles. The Morgan fingerprint density at radius 2 is 2.08 bits per heavy atom. The first-order valence-electron chi connectivity index (χ1n) is 8.58. The molecule has 6 nitrogen and oxygen atoms in total. The molecule has 3 heterocycles. The zero-order valence-corrected chi connectivity index (χ0v) is 14.9. The number of hydrogen-bond acceptors (Lipinski definition) is 5. The summed E-state index contributed by atoms with van der Waals surface area (Å²) in [6.45, 7) is 4.91. The summed E-state index contributed by atoms with van der Waals surface area (Å²) in [6, 6.07) is 11.1. The molecule has 0 spiro atoms. The molecular formula is C19H23N5O. The van der Waals surface area contributed by atoms with Crippen LogP contribution in [-0.4, -0.2) is 39.5 Å². The number of hydrogen-bond donors (Lipinski definition) is 0. The monoisotopic (exact) mass is 337 g/mol. The molecule has 4 rings (SSSR count). The van der Waals surface area contributed by atoms with Gasteiger partial charge in [0.1, 0.15) is 5.69 Å². The lowest BCUT2D eigenvalue weighted by atomic mass is 10.1. The Bertz CT molecular complexity index is 868. The number of rotatable bonds is 3. The Morgan fingerprint density at radius 1 is 1.24 bits per heavy atom. The average Bonchev–Trinajstić information content (AvgIpc) is 3.20. The van der Waals surface area contributed by atoms with Crippen LogP contribution >= 0.6 is 0 Å². The summed E-state index contributed by atoms with van der Waals surface area (Å²) in [7, 11) is 4.06. The molecule has 25 heavy (non-hydrogen) atoms. The molecule has 0 radical (unpaired) electrons. The van der Waals surface area contributed by atoms with Crippen molar-refractivity contribution in [2.45, 2.75) is 26.1 Å². The van der Waals surface area contributed by atoms with E-state index in [2.05, 4.69) is 58.3 Å². The van der Waals surface area contributed by atoms with E-state index in [-0.39, 0.29) is 0 Å². The minimum Gasteiger partial charge on any atom is -0.373 e. The highest BCUT2D eigenvalue weighted by atomic mass is 16.5. The van der Waals surface area contributed by atoms with Crippen molar-refractivity contribution in [3.8, 4) is 11.3 Å². The van der Waals surface area contributed by atoms with Crippen molar-refractivity contribution in [3.63, 3.8) is 0 Å². The molecule has 0 saturated heterocycles. The van der Waals surface area contributed by atoms with Gasteiger partial charge in [0, 0.05) is 56.7 Å². The van der Waals surface area contributed by atoms with Crippen LogP contribution in [0.2, 0.25) is 0 Å². The Balaban J connectivity index is 1.55. The van der Waals surface area contributed by atoms with E-state index in [1.54, 1.807) is 10.9 Å². The number of nitrogens with zero attached hydrogens (tertiary/aromatic N) is 5. The van der Waals surface area contributed by atoms with Crippen LogP contribution in [0.3, 0.4) is 0 Å². The second kappa shape index (κ2) is 6.37. The Labute approximate surface area is 147 Å². The zero-order valence-electron chi connectivity index (χ0n) is 14.9. The minimum absolute atomic E-state index is 0.421. The molecule has 0 amide bonds. The van der Waals surface area contributed by atoms with Gasteiger partial charge in [-0.25, -0.2) is 0 Å². The van der Waals surface area contributed by atoms with Crippen molar-refractivity contribution >= 4 is 5.69 Å². The van der Waals surface area contributed by atoms with Gasteiger partial charge in [-0.2, -0.15) is 5.10 Å². The number of para-hydroxylation sites is 1. The molecule has 0 unspecified atom stereocenters. The predicted octanol–water partition coefficient (Wildman–Crippen LogP) is 2.92. The number of anilines is 1. The van der Waals surface area contributed by atoms with E-state index in [4.69, 9.17) is 4.52 Å². The Kier molecular flexibility index (Phi) is 4.05. The highest BCUT2D eigenvalue weighted by Gasteiger charge is 2.24. The van der Waals surface area contributed by atoms with Gasteiger partial charge >= 0.3 is 0 Å². The number of fused-ring (bicyclic) bond motifs is 1. The van der Waals surface area contributed by atoms with E-state index < -0.39 is 0 Å². The summed E-state index contributed by atoms with van der Waals surface area (Å²) in [4.78, 5) is 4.78. The third-order valence-corrected chi connectivity index (χ3v) is 4.86. The van der Waals surface area contributed by atoms with Crippen molar-refractivity contribution in [2.75, 3.05) is 18.5 Å². The van der Waals surface area contributed by atoms with Gasteiger partial charge in [0.2, 0.25) is 0 Å². The lowest BCUT2D eigenvalue weighted by Gasteiger charge is -2.27. The fourth-order valence-corrected chi connectivity index (χ4v) is 3.49. The number of aryl methyl sites for hydroxylation is 1. The first-order valence-corrected chi connectivity index (χ1v) is 8.58. The first kappa shape index (κ1) is 15.9. The van der Waals surface area contributed by atoms with Gasteiger partial charge in [-0.1, -0.05) is 23.4 Å². The molecule has 1 aliphatic rings. The SMILES string of the molecule is C[C@H]1CN(C)c2ccccc2CN1Cc1cc(-c2cnn(C)c2)no1. The average molecular weight is 337 g/mol. The van der Waals surface area contributed by atoms with Gasteiger partial charge in [0.25, 0.3) is 0 Å². The molecule has 0 saturated carbocycles. The normalized spacial score (nSPS) is 18.2. The highest BCUT2D eigenvalue weighted by Crippen LogP contribution is 2.27. The lowest BCUT2D eigenvalue weighted by Crippen LogP contribution is -2.37. The van der Waals surface area contributed by atoms with Gasteiger partial charge < -0.3 is 9.42 Å². The number of likely N-dealkylation sites (N-methyl/N-ethyl adjacent to an activating group) is 1. The molecule has 0 fully saturated rings. The summed E-state index contributed by atoms with van der Waals surface area (Å²) in [5.41, 5.74) is 4.47. The largest absolute Gasteiger partial charge is 0.373 e. The molecule has 1 atom stereocenters. The molecule has 0 bridgehead atoms. The van der Waals surface area contributed by atoms with Crippen LogP contribution in [-0.2, 0) is 20.1 Å². The van der Waals surface area contributed by atoms with Gasteiger partial charge in [-0.05, 0) is 18.6 Å². The van der Waals surface area contributed by atoms with E-state index in [0.717, 1.165) is 36.7 Å². The molecule has 3 aromatic rings. The van der Waals surface area contributed by atoms with Crippen LogP contribution in [0.15, 0.2) is 47.2 Å². The maximum Gasteiger partial charge on any atom is 0.151 e. The molecular weight excluding hydrogens is 314 g/mol. The molecule has 130 valence electrons. The van der Waals surface area contributed by atoms with Gasteiger partial charge in [-0.3, -0.25) is 9.58 Å². The van der Waals surface area contributed by atoms with E-state index in [9.17, 15) is 0 Å². The molecule has 2 aromatic heterocycles. The van der Waals surface area contributed by atoms with Crippen molar-refractivity contribution in [2.24, 2.45) is 7.05 Å². The van der Waals surface area contributed by atoms with Crippen LogP contribution in [0.1, 0.15) is 18.2 Å². The smallest absolute Gasteiger partial charge is 0.151 e. The molecule has 6 heteroatoms. The maximum absolute atomic E-state index is 5.59. The fraction of sp³-hybridized carbons (Fsp3) is 0.368. The summed E-state index contributed by atoms with van der Waals surface area (Å²) in [5, 5.41) is 8.40. The minimum atomic E-state index is 0.421. The Hall–Kier alpha value is -2.60. The third-order valence-electron chi connectivity index (χ3n) is 4.86. The van der Waals surface area contributed by atoms with Gasteiger partial charge in [0.05, 0.1) is 12.7 Å². The second-order valence-electron chi connectivity index (χ2n) is 6.84. The first-order chi connectivity index (χ1) is 12.1. The standard InChI is InChI=1S/C19H23N5O/c1-14-10-22(2)19-7-5-4-6-15(19)12-24(14)13-17-8-18(21-25-17)16-9-20-23(3)11-16/h4-9,11,14H,10,12-13H2,1-3H3/t14-/m0/s1. The van der Waals surface area contributed by atoms with Gasteiger partial charge in [0.15, 0.2) is 5.76 Å². The highest BCUT2D eigenvalue weighted by molar-refractivity contribution is 5.56. The van der Waals surface area contributed by atoms with E-state index in [0.29, 0.717) is 6.04 Å². The quantitative estimate of drug-likeness (QED) is 0.735. The summed E-state index contributed by atoms with van der Waals surface area (Å²) in [6.07, 6.45) is 3.75. The molecule has 0 N–H and O–H groups in total. The lowest BCUT2D eigenvalue weighted by molar-refractivity contribution is 0.177. The maximum atomic E-state index is 5.59. The van der Waals surface area contributed by atoms with Crippen LogP contribution in [0.4, 0.5) is 5.69 Å². The summed E-state index contributed by atoms with van der Waals surface area (Å²) < 4.78 is 7.36. The predicted molar refractivity (Wildman–Crippen MR) is 97.1 cm³/mol. The van der Waals surface area contributed by atoms with Crippen LogP contribution in [0.25, 0.3) is 11.3 Å². The van der Waals surface area contributed by atoms with Crippen molar-refractivity contribution in [3.05, 3.63) is 54.0 Å². The number of aromatic nitrogens is 3. The van der Waals surface area contributed by atoms with Crippen LogP contribution < -0.4 is 4.90 Å². The van der Waals surface area contributed by atoms with E-state index >= 15 is 0 Å². The molecule has 0 aliphatic carbocycles. The van der Waals surface area contributed by atoms with Crippen molar-refractivity contribution in [1.29, 1.82) is 0 Å². The van der Waals surface area contributed by atoms with Gasteiger partial charge in [-0.15, -0.1) is 0 Å².